The minimum atomic E-state index is -1.30. The molecule has 42 heavy (non-hydrogen) atoms. The standard InChI is InChI=1S/C28H37N7O7/c1-15(2)9-22(27(40)35-23(28(41)42)11-17-13-30-14-32-17)34-26(39)21(7-8-24(36)37)33-25(38)19(29)10-16-12-31-20-6-4-3-5-18(16)20/h3-6,12-15,19,21-23,31H,7-11,29H2,1-2H3,(H,30,32)(H,33,38)(H,34,39)(H,35,40)(H,36,37)(H,41,42). The Hall–Kier alpha value is -4.72. The highest BCUT2D eigenvalue weighted by molar-refractivity contribution is 5.94. The van der Waals surface area contributed by atoms with Gasteiger partial charge in [0.2, 0.25) is 17.7 Å². The van der Waals surface area contributed by atoms with E-state index in [1.807, 2.05) is 38.1 Å². The summed E-state index contributed by atoms with van der Waals surface area (Å²) in [6.07, 6.45) is 4.16. The van der Waals surface area contributed by atoms with Gasteiger partial charge in [0.05, 0.1) is 12.4 Å². The summed E-state index contributed by atoms with van der Waals surface area (Å²) in [5, 5.41) is 27.3. The van der Waals surface area contributed by atoms with Crippen LogP contribution in [0.25, 0.3) is 10.9 Å². The monoisotopic (exact) mass is 583 g/mol. The molecular formula is C28H37N7O7. The molecule has 3 rings (SSSR count). The summed E-state index contributed by atoms with van der Waals surface area (Å²) in [6, 6.07) is 2.71. The maximum absolute atomic E-state index is 13.3. The highest BCUT2D eigenvalue weighted by Crippen LogP contribution is 2.19. The molecule has 0 aliphatic carbocycles. The molecule has 0 aliphatic rings. The Balaban J connectivity index is 1.70. The van der Waals surface area contributed by atoms with Crippen molar-refractivity contribution >= 4 is 40.6 Å². The SMILES string of the molecule is CC(C)CC(NC(=O)C(CCC(=O)O)NC(=O)C(N)Cc1c[nH]c2ccccc12)C(=O)NC(Cc1cnc[nH]1)C(=O)O. The molecule has 0 radical (unpaired) electrons. The van der Waals surface area contributed by atoms with Gasteiger partial charge in [0.25, 0.3) is 0 Å². The zero-order valence-corrected chi connectivity index (χ0v) is 23.4. The minimum Gasteiger partial charge on any atom is -0.481 e. The highest BCUT2D eigenvalue weighted by atomic mass is 16.4. The van der Waals surface area contributed by atoms with Crippen LogP contribution in [0.4, 0.5) is 0 Å². The molecule has 0 aliphatic heterocycles. The summed E-state index contributed by atoms with van der Waals surface area (Å²) in [4.78, 5) is 72.3. The molecule has 0 saturated heterocycles. The first-order valence-corrected chi connectivity index (χ1v) is 13.6. The van der Waals surface area contributed by atoms with Gasteiger partial charge in [-0.15, -0.1) is 0 Å². The maximum Gasteiger partial charge on any atom is 0.326 e. The molecule has 226 valence electrons. The van der Waals surface area contributed by atoms with E-state index < -0.39 is 60.2 Å². The summed E-state index contributed by atoms with van der Waals surface area (Å²) in [7, 11) is 0. The van der Waals surface area contributed by atoms with Crippen LogP contribution in [0, 0.1) is 5.92 Å². The number of aromatic nitrogens is 3. The summed E-state index contributed by atoms with van der Waals surface area (Å²) < 4.78 is 0. The number of carboxylic acids is 2. The third-order valence-corrected chi connectivity index (χ3v) is 6.66. The first-order chi connectivity index (χ1) is 19.9. The zero-order valence-electron chi connectivity index (χ0n) is 23.4. The van der Waals surface area contributed by atoms with Gasteiger partial charge in [-0.25, -0.2) is 9.78 Å². The number of carbonyl (C=O) groups excluding carboxylic acids is 3. The van der Waals surface area contributed by atoms with E-state index in [4.69, 9.17) is 5.73 Å². The van der Waals surface area contributed by atoms with E-state index in [1.165, 1.54) is 12.5 Å². The smallest absolute Gasteiger partial charge is 0.326 e. The Labute approximate surface area is 241 Å². The molecule has 2 aromatic heterocycles. The number of aromatic amines is 2. The van der Waals surface area contributed by atoms with Crippen LogP contribution < -0.4 is 21.7 Å². The number of imidazole rings is 1. The van der Waals surface area contributed by atoms with Gasteiger partial charge in [-0.3, -0.25) is 19.2 Å². The van der Waals surface area contributed by atoms with Gasteiger partial charge in [-0.05, 0) is 36.8 Å². The molecule has 0 fully saturated rings. The zero-order chi connectivity index (χ0) is 30.8. The van der Waals surface area contributed by atoms with Crippen LogP contribution >= 0.6 is 0 Å². The molecule has 3 aromatic rings. The molecule has 3 amide bonds. The van der Waals surface area contributed by atoms with Gasteiger partial charge in [-0.2, -0.15) is 0 Å². The van der Waals surface area contributed by atoms with Crippen molar-refractivity contribution in [2.75, 3.05) is 0 Å². The molecule has 0 saturated carbocycles. The van der Waals surface area contributed by atoms with Gasteiger partial charge in [-0.1, -0.05) is 32.0 Å². The van der Waals surface area contributed by atoms with Crippen LogP contribution in [-0.2, 0) is 36.8 Å². The average molecular weight is 584 g/mol. The predicted molar refractivity (Wildman–Crippen MR) is 152 cm³/mol. The Morgan fingerprint density at radius 1 is 0.905 bits per heavy atom. The molecule has 4 atom stereocenters. The molecule has 0 bridgehead atoms. The third kappa shape index (κ3) is 9.16. The fourth-order valence-electron chi connectivity index (χ4n) is 4.51. The fraction of sp³-hybridized carbons (Fsp3) is 0.429. The van der Waals surface area contributed by atoms with Crippen molar-refractivity contribution < 1.29 is 34.2 Å². The summed E-state index contributed by atoms with van der Waals surface area (Å²) in [5.41, 5.74) is 8.33. The lowest BCUT2D eigenvalue weighted by molar-refractivity contribution is -0.142. The molecule has 0 spiro atoms. The number of nitrogens with one attached hydrogen (secondary N) is 5. The number of hydrogen-bond donors (Lipinski definition) is 8. The number of carboxylic acid groups (broad SMARTS) is 2. The number of rotatable bonds is 16. The van der Waals surface area contributed by atoms with Crippen molar-refractivity contribution in [2.45, 2.75) is 70.1 Å². The van der Waals surface area contributed by atoms with E-state index in [0.29, 0.717) is 5.69 Å². The predicted octanol–water partition coefficient (Wildman–Crippen LogP) is 0.453. The van der Waals surface area contributed by atoms with Crippen LogP contribution in [0.15, 0.2) is 43.0 Å². The van der Waals surface area contributed by atoms with E-state index in [1.54, 1.807) is 6.20 Å². The second-order valence-corrected chi connectivity index (χ2v) is 10.5. The summed E-state index contributed by atoms with van der Waals surface area (Å²) in [5.74, 6) is -4.71. The number of H-pyrrole nitrogens is 2. The number of hydrogen-bond acceptors (Lipinski definition) is 7. The number of amides is 3. The average Bonchev–Trinajstić information content (AvgIpc) is 3.59. The second kappa shape index (κ2) is 14.8. The molecular weight excluding hydrogens is 546 g/mol. The molecule has 9 N–H and O–H groups in total. The van der Waals surface area contributed by atoms with Crippen molar-refractivity contribution in [2.24, 2.45) is 11.7 Å². The Morgan fingerprint density at radius 3 is 2.21 bits per heavy atom. The lowest BCUT2D eigenvalue weighted by Gasteiger charge is -2.26. The number of nitrogens with two attached hydrogens (primary N) is 1. The fourth-order valence-corrected chi connectivity index (χ4v) is 4.51. The normalized spacial score (nSPS) is 14.1. The van der Waals surface area contributed by atoms with Crippen LogP contribution in [0.5, 0.6) is 0 Å². The van der Waals surface area contributed by atoms with E-state index in [0.717, 1.165) is 16.5 Å². The molecule has 2 heterocycles. The van der Waals surface area contributed by atoms with E-state index in [9.17, 15) is 34.2 Å². The number of carbonyl (C=O) groups is 5. The number of nitrogens with zero attached hydrogens (tertiary/aromatic N) is 1. The number of para-hydroxylation sites is 1. The minimum absolute atomic E-state index is 0.0605. The van der Waals surface area contributed by atoms with Crippen LogP contribution in [0.2, 0.25) is 0 Å². The van der Waals surface area contributed by atoms with Crippen molar-refractivity contribution in [3.8, 4) is 0 Å². The number of fused-ring (bicyclic) bond motifs is 1. The highest BCUT2D eigenvalue weighted by Gasteiger charge is 2.31. The van der Waals surface area contributed by atoms with Gasteiger partial charge in [0, 0.05) is 41.8 Å². The van der Waals surface area contributed by atoms with Crippen LogP contribution in [0.1, 0.15) is 44.4 Å². The largest absolute Gasteiger partial charge is 0.481 e. The second-order valence-electron chi connectivity index (χ2n) is 10.5. The summed E-state index contributed by atoms with van der Waals surface area (Å²) >= 11 is 0. The van der Waals surface area contributed by atoms with E-state index >= 15 is 0 Å². The molecule has 14 nitrogen and oxygen atoms in total. The number of aliphatic carboxylic acids is 2. The molecule has 4 unspecified atom stereocenters. The van der Waals surface area contributed by atoms with Crippen molar-refractivity contribution in [1.29, 1.82) is 0 Å². The van der Waals surface area contributed by atoms with Gasteiger partial charge < -0.3 is 41.9 Å². The Morgan fingerprint density at radius 2 is 1.57 bits per heavy atom. The Bertz CT molecular complexity index is 1390. The van der Waals surface area contributed by atoms with E-state index in [2.05, 4.69) is 30.9 Å². The lowest BCUT2D eigenvalue weighted by Crippen LogP contribution is -2.57. The van der Waals surface area contributed by atoms with Gasteiger partial charge in [0.15, 0.2) is 0 Å². The first-order valence-electron chi connectivity index (χ1n) is 13.6. The quantitative estimate of drug-likeness (QED) is 0.117. The van der Waals surface area contributed by atoms with Crippen molar-refractivity contribution in [3.05, 3.63) is 54.2 Å². The molecule has 14 heteroatoms. The van der Waals surface area contributed by atoms with Crippen molar-refractivity contribution in [1.82, 2.24) is 30.9 Å². The van der Waals surface area contributed by atoms with E-state index in [-0.39, 0.29) is 31.6 Å². The summed E-state index contributed by atoms with van der Waals surface area (Å²) in [6.45, 7) is 3.64. The topological polar surface area (TPSA) is 232 Å². The van der Waals surface area contributed by atoms with Crippen LogP contribution in [0.3, 0.4) is 0 Å². The maximum atomic E-state index is 13.3. The number of benzene rings is 1. The third-order valence-electron chi connectivity index (χ3n) is 6.66. The van der Waals surface area contributed by atoms with Gasteiger partial charge in [0.1, 0.15) is 18.1 Å². The van der Waals surface area contributed by atoms with Crippen LogP contribution in [-0.4, -0.2) is 79.0 Å². The Kier molecular flexibility index (Phi) is 11.2. The lowest BCUT2D eigenvalue weighted by atomic mass is 10.0. The first kappa shape index (κ1) is 31.8. The van der Waals surface area contributed by atoms with Gasteiger partial charge >= 0.3 is 11.9 Å². The van der Waals surface area contributed by atoms with Crippen molar-refractivity contribution in [3.63, 3.8) is 0 Å². The molecule has 1 aromatic carbocycles.